The second-order valence-electron chi connectivity index (χ2n) is 16.1. The molecule has 294 valence electrons. The fourth-order valence-corrected chi connectivity index (χ4v) is 9.42. The molecule has 2 aromatic heterocycles. The van der Waals surface area contributed by atoms with Gasteiger partial charge < -0.3 is 4.57 Å². The van der Waals surface area contributed by atoms with Gasteiger partial charge in [-0.15, -0.1) is 0 Å². The molecule has 0 saturated heterocycles. The van der Waals surface area contributed by atoms with E-state index in [1.165, 1.54) is 54.8 Å². The third-order valence-corrected chi connectivity index (χ3v) is 12.4. The van der Waals surface area contributed by atoms with Crippen molar-refractivity contribution in [3.8, 4) is 73.0 Å². The zero-order chi connectivity index (χ0) is 41.7. The van der Waals surface area contributed by atoms with E-state index < -0.39 is 0 Å². The van der Waals surface area contributed by atoms with E-state index >= 15 is 0 Å². The molecule has 0 saturated carbocycles. The third-order valence-electron chi connectivity index (χ3n) is 12.4. The molecular formula is C60H39N3. The van der Waals surface area contributed by atoms with E-state index in [1.54, 1.807) is 0 Å². The highest BCUT2D eigenvalue weighted by Gasteiger charge is 2.19. The first-order valence-corrected chi connectivity index (χ1v) is 21.5. The van der Waals surface area contributed by atoms with Gasteiger partial charge in [0.1, 0.15) is 0 Å². The molecule has 0 amide bonds. The van der Waals surface area contributed by atoms with Gasteiger partial charge in [-0.05, 0) is 91.3 Å². The first-order chi connectivity index (χ1) is 31.2. The van der Waals surface area contributed by atoms with Crippen LogP contribution in [-0.4, -0.2) is 14.5 Å². The molecule has 3 nitrogen and oxygen atoms in total. The molecule has 0 radical (unpaired) electrons. The molecule has 0 bridgehead atoms. The smallest absolute Gasteiger partial charge is 0.160 e. The fourth-order valence-electron chi connectivity index (χ4n) is 9.42. The van der Waals surface area contributed by atoms with E-state index in [2.05, 4.69) is 223 Å². The molecule has 0 N–H and O–H groups in total. The molecule has 3 heteroatoms. The number of fused-ring (bicyclic) bond motifs is 5. The van der Waals surface area contributed by atoms with Crippen LogP contribution in [0.1, 0.15) is 0 Å². The standard InChI is InChI=1S/C60H39N3/c1-3-16-40(17-4-1)41-30-32-43(33-31-41)56-39-57(62-60(61-56)44-19-5-2-6-20-44)53-35-34-50(51-23-9-10-24-52(51)53)46-36-45(49-27-15-21-42-18-7-8-22-48(42)49)37-47(38-46)63-58-28-13-11-25-54(58)55-26-12-14-29-59(55)63/h1-39H. The van der Waals surface area contributed by atoms with Gasteiger partial charge in [0.2, 0.25) is 0 Å². The molecule has 0 aliphatic carbocycles. The van der Waals surface area contributed by atoms with Gasteiger partial charge in [0.05, 0.1) is 22.4 Å². The minimum Gasteiger partial charge on any atom is -0.309 e. The molecule has 63 heavy (non-hydrogen) atoms. The second-order valence-corrected chi connectivity index (χ2v) is 16.1. The Morgan fingerprint density at radius 3 is 1.43 bits per heavy atom. The Bertz CT molecular complexity index is 3600. The number of hydrogen-bond donors (Lipinski definition) is 0. The monoisotopic (exact) mass is 801 g/mol. The number of nitrogens with zero attached hydrogens (tertiary/aromatic N) is 3. The average molecular weight is 802 g/mol. The van der Waals surface area contributed by atoms with Crippen LogP contribution in [0.5, 0.6) is 0 Å². The van der Waals surface area contributed by atoms with Crippen LogP contribution >= 0.6 is 0 Å². The van der Waals surface area contributed by atoms with Crippen molar-refractivity contribution in [2.45, 2.75) is 0 Å². The number of hydrogen-bond acceptors (Lipinski definition) is 2. The lowest BCUT2D eigenvalue weighted by Gasteiger charge is -2.17. The van der Waals surface area contributed by atoms with Gasteiger partial charge in [-0.1, -0.05) is 200 Å². The summed E-state index contributed by atoms with van der Waals surface area (Å²) in [6.45, 7) is 0. The first kappa shape index (κ1) is 36.5. The minimum atomic E-state index is 0.696. The molecule has 12 aromatic rings. The summed E-state index contributed by atoms with van der Waals surface area (Å²) in [5.74, 6) is 0.696. The van der Waals surface area contributed by atoms with Crippen molar-refractivity contribution in [2.75, 3.05) is 0 Å². The van der Waals surface area contributed by atoms with E-state index in [9.17, 15) is 0 Å². The summed E-state index contributed by atoms with van der Waals surface area (Å²) < 4.78 is 2.43. The summed E-state index contributed by atoms with van der Waals surface area (Å²) in [6, 6.07) is 84.8. The molecular weight excluding hydrogens is 763 g/mol. The predicted molar refractivity (Wildman–Crippen MR) is 264 cm³/mol. The Morgan fingerprint density at radius 2 is 0.746 bits per heavy atom. The van der Waals surface area contributed by atoms with Crippen LogP contribution < -0.4 is 0 Å². The molecule has 0 aliphatic heterocycles. The van der Waals surface area contributed by atoms with E-state index in [4.69, 9.17) is 9.97 Å². The maximum Gasteiger partial charge on any atom is 0.160 e. The van der Waals surface area contributed by atoms with Gasteiger partial charge in [0.15, 0.2) is 5.82 Å². The summed E-state index contributed by atoms with van der Waals surface area (Å²) in [4.78, 5) is 10.5. The Kier molecular flexibility index (Phi) is 8.83. The van der Waals surface area contributed by atoms with Gasteiger partial charge in [-0.25, -0.2) is 9.97 Å². The molecule has 10 aromatic carbocycles. The van der Waals surface area contributed by atoms with Crippen molar-refractivity contribution in [2.24, 2.45) is 0 Å². The Hall–Kier alpha value is -8.40. The zero-order valence-corrected chi connectivity index (χ0v) is 34.4. The lowest BCUT2D eigenvalue weighted by molar-refractivity contribution is 1.18. The summed E-state index contributed by atoms with van der Waals surface area (Å²) in [7, 11) is 0. The van der Waals surface area contributed by atoms with Gasteiger partial charge in [0.25, 0.3) is 0 Å². The van der Waals surface area contributed by atoms with Crippen LogP contribution in [0.3, 0.4) is 0 Å². The Labute approximate surface area is 365 Å². The van der Waals surface area contributed by atoms with Gasteiger partial charge in [0, 0.05) is 33.2 Å². The molecule has 2 heterocycles. The van der Waals surface area contributed by atoms with Crippen LogP contribution in [0.25, 0.3) is 116 Å². The van der Waals surface area contributed by atoms with Crippen molar-refractivity contribution in [3.63, 3.8) is 0 Å². The topological polar surface area (TPSA) is 30.7 Å². The first-order valence-electron chi connectivity index (χ1n) is 21.5. The maximum atomic E-state index is 5.29. The lowest BCUT2D eigenvalue weighted by Crippen LogP contribution is -1.98. The molecule has 0 unspecified atom stereocenters. The van der Waals surface area contributed by atoms with Gasteiger partial charge in [-0.2, -0.15) is 0 Å². The van der Waals surface area contributed by atoms with Crippen LogP contribution in [0.15, 0.2) is 237 Å². The summed E-state index contributed by atoms with van der Waals surface area (Å²) >= 11 is 0. The van der Waals surface area contributed by atoms with Crippen molar-refractivity contribution in [3.05, 3.63) is 237 Å². The SMILES string of the molecule is c1ccc(-c2ccc(-c3cc(-c4ccc(-c5cc(-c6cccc7ccccc67)cc(-n6c7ccccc7c7ccccc76)c5)c5ccccc45)nc(-c4ccccc4)n3)cc2)cc1. The maximum absolute atomic E-state index is 5.29. The summed E-state index contributed by atoms with van der Waals surface area (Å²) in [5.41, 5.74) is 15.4. The molecule has 12 rings (SSSR count). The highest BCUT2D eigenvalue weighted by atomic mass is 15.0. The number of para-hydroxylation sites is 2. The molecule has 0 aliphatic rings. The fraction of sp³-hybridized carbons (Fsp3) is 0. The lowest BCUT2D eigenvalue weighted by atomic mass is 9.90. The van der Waals surface area contributed by atoms with Crippen molar-refractivity contribution in [1.29, 1.82) is 0 Å². The highest BCUT2D eigenvalue weighted by Crippen LogP contribution is 2.42. The van der Waals surface area contributed by atoms with Crippen molar-refractivity contribution < 1.29 is 0 Å². The molecule has 0 atom stereocenters. The van der Waals surface area contributed by atoms with Crippen LogP contribution in [0.4, 0.5) is 0 Å². The predicted octanol–water partition coefficient (Wildman–Crippen LogP) is 15.9. The van der Waals surface area contributed by atoms with E-state index in [-0.39, 0.29) is 0 Å². The highest BCUT2D eigenvalue weighted by molar-refractivity contribution is 6.10. The Morgan fingerprint density at radius 1 is 0.270 bits per heavy atom. The average Bonchev–Trinajstić information content (AvgIpc) is 3.70. The van der Waals surface area contributed by atoms with Crippen molar-refractivity contribution >= 4 is 43.4 Å². The summed E-state index contributed by atoms with van der Waals surface area (Å²) in [5, 5.41) is 7.23. The zero-order valence-electron chi connectivity index (χ0n) is 34.4. The number of benzene rings is 10. The second kappa shape index (κ2) is 15.3. The van der Waals surface area contributed by atoms with Gasteiger partial charge in [-0.3, -0.25) is 0 Å². The largest absolute Gasteiger partial charge is 0.309 e. The van der Waals surface area contributed by atoms with E-state index in [1.807, 2.05) is 18.2 Å². The minimum absolute atomic E-state index is 0.696. The van der Waals surface area contributed by atoms with E-state index in [0.717, 1.165) is 55.7 Å². The van der Waals surface area contributed by atoms with Gasteiger partial charge >= 0.3 is 0 Å². The van der Waals surface area contributed by atoms with Crippen LogP contribution in [0, 0.1) is 0 Å². The van der Waals surface area contributed by atoms with Crippen molar-refractivity contribution in [1.82, 2.24) is 14.5 Å². The quantitative estimate of drug-likeness (QED) is 0.161. The number of rotatable bonds is 7. The molecule has 0 spiro atoms. The third kappa shape index (κ3) is 6.46. The van der Waals surface area contributed by atoms with Crippen LogP contribution in [0.2, 0.25) is 0 Å². The number of aromatic nitrogens is 3. The normalized spacial score (nSPS) is 11.5. The molecule has 0 fully saturated rings. The Balaban J connectivity index is 1.06. The van der Waals surface area contributed by atoms with Crippen LogP contribution in [-0.2, 0) is 0 Å². The summed E-state index contributed by atoms with van der Waals surface area (Å²) in [6.07, 6.45) is 0. The van der Waals surface area contributed by atoms with E-state index in [0.29, 0.717) is 5.82 Å².